The van der Waals surface area contributed by atoms with Crippen LogP contribution in [0.15, 0.2) is 18.2 Å². The quantitative estimate of drug-likeness (QED) is 0.572. The van der Waals surface area contributed by atoms with E-state index in [0.29, 0.717) is 11.4 Å². The second-order valence-electron chi connectivity index (χ2n) is 3.83. The van der Waals surface area contributed by atoms with Crippen LogP contribution in [-0.4, -0.2) is 35.5 Å². The summed E-state index contributed by atoms with van der Waals surface area (Å²) >= 11 is 3.09. The minimum atomic E-state index is -0.992. The highest BCUT2D eigenvalue weighted by atomic mass is 32.2. The summed E-state index contributed by atoms with van der Waals surface area (Å²) in [7, 11) is 0. The van der Waals surface area contributed by atoms with Gasteiger partial charge in [-0.2, -0.15) is 11.8 Å². The summed E-state index contributed by atoms with van der Waals surface area (Å²) in [6.45, 7) is 0.678. The van der Waals surface area contributed by atoms with E-state index in [1.165, 1.54) is 17.4 Å². The maximum absolute atomic E-state index is 11.8. The predicted octanol–water partition coefficient (Wildman–Crippen LogP) is 2.72. The molecule has 4 nitrogen and oxygen atoms in total. The molecule has 6 heteroatoms. The van der Waals surface area contributed by atoms with Crippen molar-refractivity contribution in [3.05, 3.63) is 28.0 Å². The van der Waals surface area contributed by atoms with E-state index in [4.69, 9.17) is 5.11 Å². The lowest BCUT2D eigenvalue weighted by Crippen LogP contribution is -2.23. The van der Waals surface area contributed by atoms with Crippen LogP contribution in [0.3, 0.4) is 0 Å². The SMILES string of the molecule is CSCCCCNC(=O)c1ccc(/C=C/C(=O)O)s1. The van der Waals surface area contributed by atoms with Crippen molar-refractivity contribution < 1.29 is 14.7 Å². The van der Waals surface area contributed by atoms with Gasteiger partial charge in [0.25, 0.3) is 5.91 Å². The molecule has 0 unspecified atom stereocenters. The van der Waals surface area contributed by atoms with E-state index >= 15 is 0 Å². The summed E-state index contributed by atoms with van der Waals surface area (Å²) in [4.78, 5) is 23.5. The van der Waals surface area contributed by atoms with Gasteiger partial charge in [-0.05, 0) is 43.1 Å². The second kappa shape index (κ2) is 8.77. The van der Waals surface area contributed by atoms with Gasteiger partial charge < -0.3 is 10.4 Å². The molecule has 0 atom stereocenters. The highest BCUT2D eigenvalue weighted by molar-refractivity contribution is 7.98. The molecule has 0 aliphatic rings. The smallest absolute Gasteiger partial charge is 0.328 e. The number of thiophene rings is 1. The first-order valence-corrected chi connectivity index (χ1v) is 8.12. The standard InChI is InChI=1S/C13H17NO3S2/c1-18-9-3-2-8-14-13(17)11-6-4-10(19-11)5-7-12(15)16/h4-7H,2-3,8-9H2,1H3,(H,14,17)(H,15,16)/b7-5+. The Morgan fingerprint density at radius 1 is 1.42 bits per heavy atom. The van der Waals surface area contributed by atoms with Crippen LogP contribution in [-0.2, 0) is 4.79 Å². The molecule has 0 bridgehead atoms. The first-order valence-electron chi connectivity index (χ1n) is 5.91. The number of thioether (sulfide) groups is 1. The highest BCUT2D eigenvalue weighted by Gasteiger charge is 2.07. The average Bonchev–Trinajstić information content (AvgIpc) is 2.84. The van der Waals surface area contributed by atoms with Crippen molar-refractivity contribution in [2.45, 2.75) is 12.8 Å². The third-order valence-electron chi connectivity index (χ3n) is 2.30. The van der Waals surface area contributed by atoms with Crippen molar-refractivity contribution in [1.29, 1.82) is 0 Å². The van der Waals surface area contributed by atoms with Crippen molar-refractivity contribution in [2.75, 3.05) is 18.6 Å². The minimum absolute atomic E-state index is 0.0934. The molecule has 2 N–H and O–H groups in total. The minimum Gasteiger partial charge on any atom is -0.478 e. The van der Waals surface area contributed by atoms with Crippen molar-refractivity contribution >= 4 is 41.1 Å². The number of carbonyl (C=O) groups excluding carboxylic acids is 1. The Morgan fingerprint density at radius 3 is 2.89 bits per heavy atom. The number of hydrogen-bond donors (Lipinski definition) is 2. The molecule has 0 aliphatic carbocycles. The molecule has 1 aromatic rings. The highest BCUT2D eigenvalue weighted by Crippen LogP contribution is 2.17. The van der Waals surface area contributed by atoms with Gasteiger partial charge in [0.1, 0.15) is 0 Å². The summed E-state index contributed by atoms with van der Waals surface area (Å²) in [6, 6.07) is 3.45. The molecule has 0 aliphatic heterocycles. The van der Waals surface area contributed by atoms with E-state index < -0.39 is 5.97 Å². The van der Waals surface area contributed by atoms with Gasteiger partial charge in [0, 0.05) is 17.5 Å². The normalized spacial score (nSPS) is 10.8. The van der Waals surface area contributed by atoms with E-state index in [1.54, 1.807) is 23.9 Å². The monoisotopic (exact) mass is 299 g/mol. The Balaban J connectivity index is 2.38. The van der Waals surface area contributed by atoms with Crippen molar-refractivity contribution in [2.24, 2.45) is 0 Å². The molecule has 1 heterocycles. The molecule has 104 valence electrons. The maximum Gasteiger partial charge on any atom is 0.328 e. The van der Waals surface area contributed by atoms with Gasteiger partial charge in [-0.1, -0.05) is 0 Å². The fraction of sp³-hybridized carbons (Fsp3) is 0.385. The lowest BCUT2D eigenvalue weighted by atomic mass is 10.3. The van der Waals surface area contributed by atoms with Gasteiger partial charge in [-0.15, -0.1) is 11.3 Å². The van der Waals surface area contributed by atoms with Gasteiger partial charge in [0.2, 0.25) is 0 Å². The Morgan fingerprint density at radius 2 is 2.21 bits per heavy atom. The van der Waals surface area contributed by atoms with Gasteiger partial charge in [0.15, 0.2) is 0 Å². The van der Waals surface area contributed by atoms with Crippen LogP contribution in [0.1, 0.15) is 27.4 Å². The van der Waals surface area contributed by atoms with E-state index in [1.807, 2.05) is 0 Å². The number of aliphatic carboxylic acids is 1. The largest absolute Gasteiger partial charge is 0.478 e. The van der Waals surface area contributed by atoms with Crippen LogP contribution < -0.4 is 5.32 Å². The molecule has 1 rings (SSSR count). The van der Waals surface area contributed by atoms with Gasteiger partial charge in [-0.3, -0.25) is 4.79 Å². The third-order valence-corrected chi connectivity index (χ3v) is 4.05. The fourth-order valence-corrected chi connectivity index (χ4v) is 2.70. The number of carbonyl (C=O) groups is 2. The Labute approximate surface area is 120 Å². The fourth-order valence-electron chi connectivity index (χ4n) is 1.38. The molecule has 0 fully saturated rings. The number of unbranched alkanes of at least 4 members (excludes halogenated alkanes) is 1. The topological polar surface area (TPSA) is 66.4 Å². The molecule has 19 heavy (non-hydrogen) atoms. The van der Waals surface area contributed by atoms with Gasteiger partial charge in [0.05, 0.1) is 4.88 Å². The van der Waals surface area contributed by atoms with E-state index in [0.717, 1.165) is 29.5 Å². The summed E-state index contributed by atoms with van der Waals surface area (Å²) in [6.07, 6.45) is 6.69. The number of carboxylic acids is 1. The zero-order valence-corrected chi connectivity index (χ0v) is 12.4. The third kappa shape index (κ3) is 6.45. The lowest BCUT2D eigenvalue weighted by Gasteiger charge is -2.02. The summed E-state index contributed by atoms with van der Waals surface area (Å²) in [5.74, 6) is 0.0243. The van der Waals surface area contributed by atoms with Crippen LogP contribution in [0.5, 0.6) is 0 Å². The summed E-state index contributed by atoms with van der Waals surface area (Å²) in [5, 5.41) is 11.4. The lowest BCUT2D eigenvalue weighted by molar-refractivity contribution is -0.131. The zero-order valence-electron chi connectivity index (χ0n) is 10.7. The van der Waals surface area contributed by atoms with Gasteiger partial charge >= 0.3 is 5.97 Å². The molecule has 1 aromatic heterocycles. The van der Waals surface area contributed by atoms with Crippen LogP contribution in [0.2, 0.25) is 0 Å². The van der Waals surface area contributed by atoms with Crippen LogP contribution in [0, 0.1) is 0 Å². The van der Waals surface area contributed by atoms with Crippen molar-refractivity contribution in [3.8, 4) is 0 Å². The van der Waals surface area contributed by atoms with Crippen molar-refractivity contribution in [1.82, 2.24) is 5.32 Å². The predicted molar refractivity (Wildman–Crippen MR) is 80.9 cm³/mol. The first-order chi connectivity index (χ1) is 9.13. The molecule has 0 saturated carbocycles. The molecule has 0 aromatic carbocycles. The number of amides is 1. The molecule has 0 spiro atoms. The molecular weight excluding hydrogens is 282 g/mol. The molecule has 1 amide bonds. The molecular formula is C13H17NO3S2. The number of nitrogens with one attached hydrogen (secondary N) is 1. The van der Waals surface area contributed by atoms with Crippen LogP contribution in [0.4, 0.5) is 0 Å². The first kappa shape index (κ1) is 15.8. The number of rotatable bonds is 8. The number of hydrogen-bond acceptors (Lipinski definition) is 4. The summed E-state index contributed by atoms with van der Waals surface area (Å²) < 4.78 is 0. The average molecular weight is 299 g/mol. The van der Waals surface area contributed by atoms with Crippen LogP contribution in [0.25, 0.3) is 6.08 Å². The number of carboxylic acid groups (broad SMARTS) is 1. The summed E-state index contributed by atoms with van der Waals surface area (Å²) in [5.41, 5.74) is 0. The van der Waals surface area contributed by atoms with E-state index in [-0.39, 0.29) is 5.91 Å². The Kier molecular flexibility index (Phi) is 7.28. The maximum atomic E-state index is 11.8. The van der Waals surface area contributed by atoms with Crippen LogP contribution >= 0.6 is 23.1 Å². The van der Waals surface area contributed by atoms with Gasteiger partial charge in [-0.25, -0.2) is 4.79 Å². The Bertz CT molecular complexity index is 454. The second-order valence-corrected chi connectivity index (χ2v) is 5.93. The Hall–Kier alpha value is -1.27. The zero-order chi connectivity index (χ0) is 14.1. The van der Waals surface area contributed by atoms with E-state index in [9.17, 15) is 9.59 Å². The molecule has 0 saturated heterocycles. The van der Waals surface area contributed by atoms with Crippen molar-refractivity contribution in [3.63, 3.8) is 0 Å². The molecule has 0 radical (unpaired) electrons. The van der Waals surface area contributed by atoms with E-state index in [2.05, 4.69) is 11.6 Å².